The van der Waals surface area contributed by atoms with Crippen LogP contribution < -0.4 is 15.2 Å². The first-order chi connectivity index (χ1) is 10.4. The molecule has 3 nitrogen and oxygen atoms in total. The molecule has 1 atom stereocenters. The molecule has 2 aromatic carbocycles. The van der Waals surface area contributed by atoms with Gasteiger partial charge in [-0.05, 0) is 17.7 Å². The molecule has 2 rings (SSSR count). The van der Waals surface area contributed by atoms with E-state index in [-0.39, 0.29) is 17.9 Å². The van der Waals surface area contributed by atoms with Gasteiger partial charge in [-0.15, -0.1) is 0 Å². The van der Waals surface area contributed by atoms with Crippen LogP contribution in [-0.2, 0) is 6.61 Å². The summed E-state index contributed by atoms with van der Waals surface area (Å²) in [5, 5.41) is 0. The molecule has 0 saturated heterocycles. The van der Waals surface area contributed by atoms with E-state index in [0.29, 0.717) is 5.75 Å². The van der Waals surface area contributed by atoms with Crippen LogP contribution in [0.1, 0.15) is 17.2 Å². The van der Waals surface area contributed by atoms with Gasteiger partial charge in [0.05, 0.1) is 7.11 Å². The predicted molar refractivity (Wildman–Crippen MR) is 76.8 cm³/mol. The Morgan fingerprint density at radius 3 is 2.36 bits per heavy atom. The van der Waals surface area contributed by atoms with E-state index >= 15 is 0 Å². The Hall–Kier alpha value is -2.21. The van der Waals surface area contributed by atoms with Crippen LogP contribution in [0.5, 0.6) is 11.5 Å². The molecule has 6 heteroatoms. The van der Waals surface area contributed by atoms with Crippen LogP contribution in [0, 0.1) is 0 Å². The van der Waals surface area contributed by atoms with Gasteiger partial charge in [0.2, 0.25) is 0 Å². The van der Waals surface area contributed by atoms with Gasteiger partial charge in [-0.3, -0.25) is 0 Å². The van der Waals surface area contributed by atoms with Gasteiger partial charge in [0.15, 0.2) is 0 Å². The molecule has 0 heterocycles. The van der Waals surface area contributed by atoms with Crippen molar-refractivity contribution in [2.45, 2.75) is 18.8 Å². The third-order valence-electron chi connectivity index (χ3n) is 3.15. The van der Waals surface area contributed by atoms with Crippen molar-refractivity contribution >= 4 is 0 Å². The van der Waals surface area contributed by atoms with Crippen LogP contribution in [0.4, 0.5) is 13.2 Å². The van der Waals surface area contributed by atoms with Gasteiger partial charge in [-0.2, -0.15) is 13.2 Å². The van der Waals surface area contributed by atoms with Crippen molar-refractivity contribution in [3.63, 3.8) is 0 Å². The highest BCUT2D eigenvalue weighted by Crippen LogP contribution is 2.37. The smallest absolute Gasteiger partial charge is 0.407 e. The van der Waals surface area contributed by atoms with E-state index in [2.05, 4.69) is 0 Å². The second kappa shape index (κ2) is 6.70. The molecule has 0 aliphatic carbocycles. The van der Waals surface area contributed by atoms with Gasteiger partial charge < -0.3 is 15.2 Å². The lowest BCUT2D eigenvalue weighted by molar-refractivity contribution is -0.149. The Kier molecular flexibility index (Phi) is 4.92. The summed E-state index contributed by atoms with van der Waals surface area (Å²) in [6, 6.07) is 11.1. The van der Waals surface area contributed by atoms with E-state index in [0.717, 1.165) is 5.56 Å². The molecule has 0 radical (unpaired) electrons. The van der Waals surface area contributed by atoms with Crippen LogP contribution in [0.15, 0.2) is 48.5 Å². The highest BCUT2D eigenvalue weighted by atomic mass is 19.4. The summed E-state index contributed by atoms with van der Waals surface area (Å²) in [5.41, 5.74) is 6.01. The van der Waals surface area contributed by atoms with Crippen molar-refractivity contribution in [1.82, 2.24) is 0 Å². The Balaban J connectivity index is 2.27. The van der Waals surface area contributed by atoms with E-state index in [4.69, 9.17) is 15.2 Å². The first-order valence-corrected chi connectivity index (χ1v) is 6.59. The first-order valence-electron chi connectivity index (χ1n) is 6.59. The summed E-state index contributed by atoms with van der Waals surface area (Å²) in [4.78, 5) is 0. The molecular weight excluding hydrogens is 295 g/mol. The largest absolute Gasteiger partial charge is 0.497 e. The lowest BCUT2D eigenvalue weighted by Crippen LogP contribution is -2.28. The predicted octanol–water partition coefficient (Wildman–Crippen LogP) is 3.84. The minimum Gasteiger partial charge on any atom is -0.497 e. The van der Waals surface area contributed by atoms with Crippen LogP contribution in [0.25, 0.3) is 0 Å². The van der Waals surface area contributed by atoms with Gasteiger partial charge >= 0.3 is 6.18 Å². The molecule has 0 bridgehead atoms. The third-order valence-corrected chi connectivity index (χ3v) is 3.15. The zero-order valence-corrected chi connectivity index (χ0v) is 11.9. The fourth-order valence-electron chi connectivity index (χ4n) is 1.94. The van der Waals surface area contributed by atoms with Crippen molar-refractivity contribution in [1.29, 1.82) is 0 Å². The number of nitrogens with two attached hydrogens (primary N) is 1. The van der Waals surface area contributed by atoms with E-state index < -0.39 is 12.2 Å². The molecule has 2 aromatic rings. The van der Waals surface area contributed by atoms with Crippen molar-refractivity contribution in [2.24, 2.45) is 5.73 Å². The monoisotopic (exact) mass is 311 g/mol. The Morgan fingerprint density at radius 1 is 1.09 bits per heavy atom. The van der Waals surface area contributed by atoms with Gasteiger partial charge in [0, 0.05) is 11.6 Å². The molecule has 22 heavy (non-hydrogen) atoms. The SMILES string of the molecule is COc1ccc([C@@H](N)C(F)(F)F)c(OCc2ccccc2)c1. The van der Waals surface area contributed by atoms with Crippen LogP contribution in [0.2, 0.25) is 0 Å². The van der Waals surface area contributed by atoms with Gasteiger partial charge in [0.25, 0.3) is 0 Å². The fourth-order valence-corrected chi connectivity index (χ4v) is 1.94. The lowest BCUT2D eigenvalue weighted by atomic mass is 10.1. The van der Waals surface area contributed by atoms with E-state index in [1.54, 1.807) is 0 Å². The molecule has 0 saturated carbocycles. The van der Waals surface area contributed by atoms with E-state index in [1.165, 1.54) is 25.3 Å². The summed E-state index contributed by atoms with van der Waals surface area (Å²) < 4.78 is 49.1. The third kappa shape index (κ3) is 3.92. The second-order valence-corrected chi connectivity index (χ2v) is 4.70. The summed E-state index contributed by atoms with van der Waals surface area (Å²) in [6.45, 7) is 0.144. The highest BCUT2D eigenvalue weighted by molar-refractivity contribution is 5.43. The number of rotatable bonds is 5. The molecule has 0 aromatic heterocycles. The highest BCUT2D eigenvalue weighted by Gasteiger charge is 2.39. The van der Waals surface area contributed by atoms with Gasteiger partial charge in [-0.25, -0.2) is 0 Å². The molecule has 0 amide bonds. The molecule has 0 aliphatic heterocycles. The van der Waals surface area contributed by atoms with Crippen molar-refractivity contribution < 1.29 is 22.6 Å². The van der Waals surface area contributed by atoms with Crippen LogP contribution >= 0.6 is 0 Å². The average Bonchev–Trinajstić information content (AvgIpc) is 2.52. The Labute approximate surface area is 126 Å². The van der Waals surface area contributed by atoms with Crippen LogP contribution in [0.3, 0.4) is 0 Å². The zero-order valence-electron chi connectivity index (χ0n) is 11.9. The van der Waals surface area contributed by atoms with Gasteiger partial charge in [0.1, 0.15) is 24.1 Å². The first kappa shape index (κ1) is 16.2. The molecular formula is C16H16F3NO2. The number of alkyl halides is 3. The average molecular weight is 311 g/mol. The summed E-state index contributed by atoms with van der Waals surface area (Å²) in [5.74, 6) is 0.467. The van der Waals surface area contributed by atoms with Crippen molar-refractivity contribution in [2.75, 3.05) is 7.11 Å². The number of ether oxygens (including phenoxy) is 2. The molecule has 0 aliphatic rings. The maximum Gasteiger partial charge on any atom is 0.407 e. The van der Waals surface area contributed by atoms with Gasteiger partial charge in [-0.1, -0.05) is 30.3 Å². The van der Waals surface area contributed by atoms with Crippen molar-refractivity contribution in [3.05, 3.63) is 59.7 Å². The molecule has 0 unspecified atom stereocenters. The van der Waals surface area contributed by atoms with Crippen LogP contribution in [-0.4, -0.2) is 13.3 Å². The minimum absolute atomic E-state index is 0.0630. The van der Waals surface area contributed by atoms with E-state index in [9.17, 15) is 13.2 Å². The van der Waals surface area contributed by atoms with Crippen molar-refractivity contribution in [3.8, 4) is 11.5 Å². The van der Waals surface area contributed by atoms with E-state index in [1.807, 2.05) is 30.3 Å². The maximum atomic E-state index is 12.8. The number of hydrogen-bond acceptors (Lipinski definition) is 3. The maximum absolute atomic E-state index is 12.8. The quantitative estimate of drug-likeness (QED) is 0.912. The molecule has 0 spiro atoms. The number of benzene rings is 2. The minimum atomic E-state index is -4.54. The normalized spacial score (nSPS) is 12.8. The molecule has 2 N–H and O–H groups in total. The summed E-state index contributed by atoms with van der Waals surface area (Å²) in [7, 11) is 1.43. The topological polar surface area (TPSA) is 44.5 Å². The summed E-state index contributed by atoms with van der Waals surface area (Å²) >= 11 is 0. The zero-order chi connectivity index (χ0) is 16.2. The second-order valence-electron chi connectivity index (χ2n) is 4.70. The molecule has 0 fully saturated rings. The standard InChI is InChI=1S/C16H16F3NO2/c1-21-12-7-8-13(15(20)16(17,18)19)14(9-12)22-10-11-5-3-2-4-6-11/h2-9,15H,10,20H2,1H3/t15-/m1/s1. The fraction of sp³-hybridized carbons (Fsp3) is 0.250. The number of halogens is 3. The number of methoxy groups -OCH3 is 1. The Morgan fingerprint density at radius 2 is 1.77 bits per heavy atom. The number of hydrogen-bond donors (Lipinski definition) is 1. The Bertz CT molecular complexity index is 615. The lowest BCUT2D eigenvalue weighted by Gasteiger charge is -2.20. The summed E-state index contributed by atoms with van der Waals surface area (Å²) in [6.07, 6.45) is -4.54. The molecule has 118 valence electrons.